The third-order valence-electron chi connectivity index (χ3n) is 4.30. The van der Waals surface area contributed by atoms with Crippen LogP contribution < -0.4 is 9.62 Å². The minimum atomic E-state index is -3.99. The summed E-state index contributed by atoms with van der Waals surface area (Å²) in [4.78, 5) is 16.9. The fourth-order valence-electron chi connectivity index (χ4n) is 2.80. The monoisotopic (exact) mass is 473 g/mol. The lowest BCUT2D eigenvalue weighted by Gasteiger charge is -2.24. The van der Waals surface area contributed by atoms with Gasteiger partial charge in [0.2, 0.25) is 0 Å². The average molecular weight is 474 g/mol. The second-order valence-electron chi connectivity index (χ2n) is 6.35. The number of benzene rings is 2. The van der Waals surface area contributed by atoms with E-state index >= 15 is 0 Å². The molecule has 3 aromatic rings. The summed E-state index contributed by atoms with van der Waals surface area (Å²) in [5.41, 5.74) is 1.05. The summed E-state index contributed by atoms with van der Waals surface area (Å²) in [5, 5.41) is 3.85. The molecule has 9 heteroatoms. The maximum absolute atomic E-state index is 13.4. The van der Waals surface area contributed by atoms with Crippen LogP contribution in [0.25, 0.3) is 0 Å². The molecule has 1 N–H and O–H groups in total. The molecule has 2 aromatic carbocycles. The topological polar surface area (TPSA) is 79.4 Å². The predicted octanol–water partition coefficient (Wildman–Crippen LogP) is 5.09. The number of rotatable bonds is 8. The maximum Gasteiger partial charge on any atom is 0.264 e. The lowest BCUT2D eigenvalue weighted by Crippen LogP contribution is -2.31. The molecule has 0 saturated heterocycles. The first-order valence-corrected chi connectivity index (χ1v) is 12.2. The molecule has 0 bridgehead atoms. The third kappa shape index (κ3) is 5.28. The van der Waals surface area contributed by atoms with Gasteiger partial charge in [0.05, 0.1) is 39.1 Å². The van der Waals surface area contributed by atoms with Gasteiger partial charge in [-0.25, -0.2) is 13.4 Å². The van der Waals surface area contributed by atoms with Gasteiger partial charge in [-0.1, -0.05) is 35.9 Å². The molecule has 31 heavy (non-hydrogen) atoms. The van der Waals surface area contributed by atoms with Crippen molar-refractivity contribution in [2.24, 2.45) is 0 Å². The molecule has 0 aliphatic heterocycles. The highest BCUT2D eigenvalue weighted by Crippen LogP contribution is 2.30. The van der Waals surface area contributed by atoms with Gasteiger partial charge in [-0.2, -0.15) is 0 Å². The fourth-order valence-corrected chi connectivity index (χ4v) is 4.95. The minimum Gasteiger partial charge on any atom is -0.321 e. The molecular formula is C22H20ClN3O3S2. The number of anilines is 2. The second-order valence-corrected chi connectivity index (χ2v) is 9.44. The molecule has 6 nitrogen and oxygen atoms in total. The molecular weight excluding hydrogens is 454 g/mol. The van der Waals surface area contributed by atoms with Crippen molar-refractivity contribution >= 4 is 50.7 Å². The van der Waals surface area contributed by atoms with Crippen LogP contribution in [0, 0.1) is 0 Å². The first kappa shape index (κ1) is 22.9. The van der Waals surface area contributed by atoms with Gasteiger partial charge in [0, 0.05) is 5.56 Å². The highest BCUT2D eigenvalue weighted by Gasteiger charge is 2.26. The van der Waals surface area contributed by atoms with E-state index in [9.17, 15) is 13.2 Å². The van der Waals surface area contributed by atoms with Crippen LogP contribution in [-0.4, -0.2) is 32.1 Å². The molecule has 0 radical (unpaired) electrons. The van der Waals surface area contributed by atoms with Crippen molar-refractivity contribution in [2.45, 2.75) is 9.92 Å². The number of hydrogen-bond acceptors (Lipinski definition) is 5. The quantitative estimate of drug-likeness (QED) is 0.364. The summed E-state index contributed by atoms with van der Waals surface area (Å²) in [6, 6.07) is 16.0. The number of hydrogen-bond donors (Lipinski definition) is 1. The van der Waals surface area contributed by atoms with Crippen LogP contribution in [-0.2, 0) is 10.0 Å². The van der Waals surface area contributed by atoms with E-state index in [1.807, 2.05) is 6.26 Å². The molecule has 0 saturated carbocycles. The SMILES string of the molecule is C=CCN(c1ccccc1Cl)S(=O)(=O)c1cccc(C(=O)Nc2ccc(SC)nc2)c1. The van der Waals surface area contributed by atoms with Gasteiger partial charge in [-0.15, -0.1) is 18.3 Å². The molecule has 0 aliphatic carbocycles. The van der Waals surface area contributed by atoms with Crippen LogP contribution >= 0.6 is 23.4 Å². The van der Waals surface area contributed by atoms with Crippen molar-refractivity contribution in [1.82, 2.24) is 4.98 Å². The highest BCUT2D eigenvalue weighted by molar-refractivity contribution is 7.98. The van der Waals surface area contributed by atoms with Crippen LogP contribution in [0.4, 0.5) is 11.4 Å². The summed E-state index contributed by atoms with van der Waals surface area (Å²) in [7, 11) is -3.99. The Hall–Kier alpha value is -2.81. The van der Waals surface area contributed by atoms with E-state index in [0.29, 0.717) is 16.4 Å². The summed E-state index contributed by atoms with van der Waals surface area (Å²) in [6.45, 7) is 3.67. The van der Waals surface area contributed by atoms with Crippen molar-refractivity contribution < 1.29 is 13.2 Å². The van der Waals surface area contributed by atoms with Crippen LogP contribution in [0.2, 0.25) is 5.02 Å². The Morgan fingerprint density at radius 3 is 2.61 bits per heavy atom. The lowest BCUT2D eigenvalue weighted by molar-refractivity contribution is 0.102. The Morgan fingerprint density at radius 2 is 1.97 bits per heavy atom. The number of nitrogens with zero attached hydrogens (tertiary/aromatic N) is 2. The molecule has 0 aliphatic rings. The molecule has 0 unspecified atom stereocenters. The Morgan fingerprint density at radius 1 is 1.19 bits per heavy atom. The number of aromatic nitrogens is 1. The Balaban J connectivity index is 1.91. The highest BCUT2D eigenvalue weighted by atomic mass is 35.5. The van der Waals surface area contributed by atoms with E-state index in [1.165, 1.54) is 36.0 Å². The number of pyridine rings is 1. The number of thioether (sulfide) groups is 1. The van der Waals surface area contributed by atoms with Gasteiger partial charge >= 0.3 is 0 Å². The summed E-state index contributed by atoms with van der Waals surface area (Å²) < 4.78 is 27.9. The smallest absolute Gasteiger partial charge is 0.264 e. The zero-order valence-corrected chi connectivity index (χ0v) is 19.0. The largest absolute Gasteiger partial charge is 0.321 e. The number of carbonyl (C=O) groups excluding carboxylic acids is 1. The van der Waals surface area contributed by atoms with Gasteiger partial charge in [0.25, 0.3) is 15.9 Å². The van der Waals surface area contributed by atoms with Crippen LogP contribution in [0.5, 0.6) is 0 Å². The van der Waals surface area contributed by atoms with Crippen molar-refractivity contribution in [1.29, 1.82) is 0 Å². The van der Waals surface area contributed by atoms with E-state index in [4.69, 9.17) is 11.6 Å². The van der Waals surface area contributed by atoms with Crippen molar-refractivity contribution in [3.05, 3.63) is 90.1 Å². The van der Waals surface area contributed by atoms with Crippen LogP contribution in [0.15, 0.2) is 89.4 Å². The second kappa shape index (κ2) is 10.00. The number of halogens is 1. The standard InChI is InChI=1S/C22H20ClN3O3S2/c1-3-13-26(20-10-5-4-9-19(20)23)31(28,29)18-8-6-7-16(14-18)22(27)25-17-11-12-21(30-2)24-15-17/h3-12,14-15H,1,13H2,2H3,(H,25,27). The molecule has 160 valence electrons. The van der Waals surface area contributed by atoms with E-state index in [-0.39, 0.29) is 17.0 Å². The van der Waals surface area contributed by atoms with Gasteiger partial charge in [0.1, 0.15) is 0 Å². The van der Waals surface area contributed by atoms with Gasteiger partial charge in [-0.3, -0.25) is 9.10 Å². The first-order valence-electron chi connectivity index (χ1n) is 9.16. The summed E-state index contributed by atoms with van der Waals surface area (Å²) in [6.07, 6.45) is 4.93. The van der Waals surface area contributed by atoms with Gasteiger partial charge in [0.15, 0.2) is 0 Å². The Kier molecular flexibility index (Phi) is 7.37. The van der Waals surface area contributed by atoms with Crippen LogP contribution in [0.3, 0.4) is 0 Å². The molecule has 0 fully saturated rings. The Labute approximate surface area is 191 Å². The first-order chi connectivity index (χ1) is 14.9. The molecule has 3 rings (SSSR count). The van der Waals surface area contributed by atoms with E-state index in [2.05, 4.69) is 16.9 Å². The van der Waals surface area contributed by atoms with Gasteiger partial charge < -0.3 is 5.32 Å². The Bertz CT molecular complexity index is 1200. The van der Waals surface area contributed by atoms with E-state index in [1.54, 1.807) is 48.7 Å². The molecule has 1 amide bonds. The average Bonchev–Trinajstić information content (AvgIpc) is 2.78. The van der Waals surface area contributed by atoms with Crippen molar-refractivity contribution in [3.63, 3.8) is 0 Å². The number of carbonyl (C=O) groups is 1. The van der Waals surface area contributed by atoms with E-state index < -0.39 is 15.9 Å². The lowest BCUT2D eigenvalue weighted by atomic mass is 10.2. The molecule has 1 aromatic heterocycles. The molecule has 0 spiro atoms. The number of para-hydroxylation sites is 1. The minimum absolute atomic E-state index is 0.0238. The number of amides is 1. The third-order valence-corrected chi connectivity index (χ3v) is 7.06. The molecule has 0 atom stereocenters. The fraction of sp³-hybridized carbons (Fsp3) is 0.0909. The van der Waals surface area contributed by atoms with Crippen molar-refractivity contribution in [2.75, 3.05) is 22.4 Å². The zero-order chi connectivity index (χ0) is 22.4. The zero-order valence-electron chi connectivity index (χ0n) is 16.7. The number of nitrogens with one attached hydrogen (secondary N) is 1. The van der Waals surface area contributed by atoms with Crippen molar-refractivity contribution in [3.8, 4) is 0 Å². The van der Waals surface area contributed by atoms with Gasteiger partial charge in [-0.05, 0) is 48.7 Å². The summed E-state index contributed by atoms with van der Waals surface area (Å²) >= 11 is 7.72. The van der Waals surface area contributed by atoms with Crippen LogP contribution in [0.1, 0.15) is 10.4 Å². The molecule has 1 heterocycles. The maximum atomic E-state index is 13.4. The van der Waals surface area contributed by atoms with E-state index in [0.717, 1.165) is 9.33 Å². The number of sulfonamides is 1. The predicted molar refractivity (Wildman–Crippen MR) is 127 cm³/mol. The normalized spacial score (nSPS) is 11.0. The summed E-state index contributed by atoms with van der Waals surface area (Å²) in [5.74, 6) is -0.441.